The lowest BCUT2D eigenvalue weighted by molar-refractivity contribution is -0.105. The molecule has 1 aliphatic heterocycles. The molecule has 0 amide bonds. The molecule has 0 aliphatic carbocycles. The van der Waals surface area contributed by atoms with Crippen LogP contribution in [0.15, 0.2) is 54.6 Å². The summed E-state index contributed by atoms with van der Waals surface area (Å²) in [5.74, 6) is 0. The van der Waals surface area contributed by atoms with Crippen LogP contribution in [0.1, 0.15) is 18.4 Å². The molecular weight excluding hydrogens is 302 g/mol. The van der Waals surface area contributed by atoms with Gasteiger partial charge in [0, 0.05) is 19.5 Å². The Balaban J connectivity index is 1.74. The maximum Gasteiger partial charge on any atom is 0.134 e. The van der Waals surface area contributed by atoms with Gasteiger partial charge in [-0.3, -0.25) is 4.90 Å². The van der Waals surface area contributed by atoms with Crippen molar-refractivity contribution in [3.63, 3.8) is 0 Å². The summed E-state index contributed by atoms with van der Waals surface area (Å²) in [5.41, 5.74) is 3.18. The smallest absolute Gasteiger partial charge is 0.134 e. The van der Waals surface area contributed by atoms with Crippen LogP contribution < -0.4 is 0 Å². The highest BCUT2D eigenvalue weighted by atomic mass is 16.3. The van der Waals surface area contributed by atoms with Crippen LogP contribution in [0.4, 0.5) is 0 Å². The molecule has 128 valence electrons. The van der Waals surface area contributed by atoms with Crippen LogP contribution in [0.3, 0.4) is 0 Å². The SMILES string of the molecule is OC1CCCN(C(O)C(O)Cc2ccccc2-c2ccccc2)C1. The fraction of sp³-hybridized carbons (Fsp3) is 0.400. The predicted molar refractivity (Wildman–Crippen MR) is 94.4 cm³/mol. The van der Waals surface area contributed by atoms with Crippen molar-refractivity contribution in [2.45, 2.75) is 37.7 Å². The zero-order valence-electron chi connectivity index (χ0n) is 13.8. The number of likely N-dealkylation sites (tertiary alicyclic amines) is 1. The average molecular weight is 327 g/mol. The molecule has 0 aromatic heterocycles. The fourth-order valence-corrected chi connectivity index (χ4v) is 3.40. The van der Waals surface area contributed by atoms with Crippen molar-refractivity contribution in [1.29, 1.82) is 0 Å². The summed E-state index contributed by atoms with van der Waals surface area (Å²) in [6.45, 7) is 1.12. The fourth-order valence-electron chi connectivity index (χ4n) is 3.40. The van der Waals surface area contributed by atoms with Crippen LogP contribution in [0.5, 0.6) is 0 Å². The molecule has 3 atom stereocenters. The van der Waals surface area contributed by atoms with E-state index in [1.165, 1.54) is 0 Å². The lowest BCUT2D eigenvalue weighted by Crippen LogP contribution is -2.50. The highest BCUT2D eigenvalue weighted by Gasteiger charge is 2.28. The zero-order valence-corrected chi connectivity index (χ0v) is 13.8. The van der Waals surface area contributed by atoms with E-state index in [-0.39, 0.29) is 0 Å². The number of hydrogen-bond donors (Lipinski definition) is 3. The van der Waals surface area contributed by atoms with Crippen LogP contribution in [-0.2, 0) is 6.42 Å². The van der Waals surface area contributed by atoms with Crippen molar-refractivity contribution in [1.82, 2.24) is 4.90 Å². The minimum atomic E-state index is -0.955. The average Bonchev–Trinajstić information content (AvgIpc) is 2.62. The first-order valence-electron chi connectivity index (χ1n) is 8.56. The van der Waals surface area contributed by atoms with Gasteiger partial charge in [0.25, 0.3) is 0 Å². The first-order valence-corrected chi connectivity index (χ1v) is 8.56. The van der Waals surface area contributed by atoms with Crippen molar-refractivity contribution in [2.24, 2.45) is 0 Å². The summed E-state index contributed by atoms with van der Waals surface area (Å²) in [7, 11) is 0. The first kappa shape index (κ1) is 17.1. The molecule has 1 aliphatic rings. The molecule has 0 radical (unpaired) electrons. The maximum absolute atomic E-state index is 10.5. The number of β-amino-alcohol motifs (C(OH)–C–C–N with tert-alkyl or cyclic N) is 1. The number of benzene rings is 2. The Morgan fingerprint density at radius 3 is 2.46 bits per heavy atom. The molecule has 3 unspecified atom stereocenters. The molecule has 4 nitrogen and oxygen atoms in total. The molecule has 3 rings (SSSR count). The van der Waals surface area contributed by atoms with Gasteiger partial charge in [-0.05, 0) is 29.5 Å². The standard InChI is InChI=1S/C20H25NO3/c22-17-10-6-12-21(14-17)20(24)19(23)13-16-9-4-5-11-18(16)15-7-2-1-3-8-15/h1-5,7-9,11,17,19-20,22-24H,6,10,12-14H2. The molecule has 0 saturated carbocycles. The van der Waals surface area contributed by atoms with E-state index in [0.29, 0.717) is 19.5 Å². The van der Waals surface area contributed by atoms with Gasteiger partial charge in [0.2, 0.25) is 0 Å². The van der Waals surface area contributed by atoms with Crippen LogP contribution in [0.25, 0.3) is 11.1 Å². The third-order valence-electron chi connectivity index (χ3n) is 4.68. The van der Waals surface area contributed by atoms with Crippen LogP contribution in [0, 0.1) is 0 Å². The molecule has 0 spiro atoms. The normalized spacial score (nSPS) is 21.4. The molecule has 1 fully saturated rings. The third kappa shape index (κ3) is 4.02. The molecule has 24 heavy (non-hydrogen) atoms. The molecule has 2 aromatic rings. The van der Waals surface area contributed by atoms with Gasteiger partial charge in [0.15, 0.2) is 0 Å². The largest absolute Gasteiger partial charge is 0.392 e. The van der Waals surface area contributed by atoms with Crippen LogP contribution in [-0.4, -0.2) is 51.7 Å². The third-order valence-corrected chi connectivity index (χ3v) is 4.68. The summed E-state index contributed by atoms with van der Waals surface area (Å²) < 4.78 is 0. The van der Waals surface area contributed by atoms with E-state index in [1.807, 2.05) is 54.6 Å². The topological polar surface area (TPSA) is 63.9 Å². The Morgan fingerprint density at radius 1 is 1.00 bits per heavy atom. The van der Waals surface area contributed by atoms with Gasteiger partial charge in [-0.2, -0.15) is 0 Å². The van der Waals surface area contributed by atoms with E-state index in [2.05, 4.69) is 0 Å². The van der Waals surface area contributed by atoms with Crippen molar-refractivity contribution in [3.05, 3.63) is 60.2 Å². The van der Waals surface area contributed by atoms with E-state index in [4.69, 9.17) is 0 Å². The second-order valence-corrected chi connectivity index (χ2v) is 6.50. The van der Waals surface area contributed by atoms with E-state index < -0.39 is 18.4 Å². The second kappa shape index (κ2) is 7.90. The predicted octanol–water partition coefficient (Wildman–Crippen LogP) is 2.03. The van der Waals surface area contributed by atoms with E-state index in [1.54, 1.807) is 4.90 Å². The lowest BCUT2D eigenvalue weighted by atomic mass is 9.95. The van der Waals surface area contributed by atoms with Gasteiger partial charge in [-0.15, -0.1) is 0 Å². The number of rotatable bonds is 5. The number of aliphatic hydroxyl groups is 3. The van der Waals surface area contributed by atoms with Gasteiger partial charge in [-0.25, -0.2) is 0 Å². The summed E-state index contributed by atoms with van der Waals surface area (Å²) in [5, 5.41) is 30.7. The van der Waals surface area contributed by atoms with Gasteiger partial charge in [-0.1, -0.05) is 54.6 Å². The van der Waals surface area contributed by atoms with E-state index in [9.17, 15) is 15.3 Å². The minimum Gasteiger partial charge on any atom is -0.392 e. The Labute approximate surface area is 143 Å². The number of hydrogen-bond acceptors (Lipinski definition) is 4. The van der Waals surface area contributed by atoms with Crippen LogP contribution in [0.2, 0.25) is 0 Å². The lowest BCUT2D eigenvalue weighted by Gasteiger charge is -2.36. The Kier molecular flexibility index (Phi) is 5.63. The minimum absolute atomic E-state index is 0.374. The zero-order chi connectivity index (χ0) is 16.9. The summed E-state index contributed by atoms with van der Waals surface area (Å²) in [6, 6.07) is 18.0. The van der Waals surface area contributed by atoms with Crippen molar-refractivity contribution < 1.29 is 15.3 Å². The van der Waals surface area contributed by atoms with Gasteiger partial charge in [0.1, 0.15) is 6.23 Å². The van der Waals surface area contributed by atoms with Crippen molar-refractivity contribution in [3.8, 4) is 11.1 Å². The molecule has 3 N–H and O–H groups in total. The Hall–Kier alpha value is -1.72. The molecular formula is C20H25NO3. The van der Waals surface area contributed by atoms with Gasteiger partial charge < -0.3 is 15.3 Å². The van der Waals surface area contributed by atoms with E-state index in [0.717, 1.165) is 29.5 Å². The first-order chi connectivity index (χ1) is 11.6. The van der Waals surface area contributed by atoms with Crippen molar-refractivity contribution >= 4 is 0 Å². The number of nitrogens with zero attached hydrogens (tertiary/aromatic N) is 1. The van der Waals surface area contributed by atoms with Crippen molar-refractivity contribution in [2.75, 3.05) is 13.1 Å². The molecule has 1 heterocycles. The molecule has 1 saturated heterocycles. The van der Waals surface area contributed by atoms with Gasteiger partial charge >= 0.3 is 0 Å². The van der Waals surface area contributed by atoms with E-state index >= 15 is 0 Å². The molecule has 4 heteroatoms. The quantitative estimate of drug-likeness (QED) is 0.786. The monoisotopic (exact) mass is 327 g/mol. The maximum atomic E-state index is 10.5. The summed E-state index contributed by atoms with van der Waals surface area (Å²) in [4.78, 5) is 1.77. The van der Waals surface area contributed by atoms with Crippen LogP contribution >= 0.6 is 0 Å². The Morgan fingerprint density at radius 2 is 1.71 bits per heavy atom. The summed E-state index contributed by atoms with van der Waals surface area (Å²) >= 11 is 0. The highest BCUT2D eigenvalue weighted by Crippen LogP contribution is 2.25. The Bertz CT molecular complexity index is 646. The summed E-state index contributed by atoms with van der Waals surface area (Å²) in [6.07, 6.45) is -0.290. The molecule has 0 bridgehead atoms. The molecule has 2 aromatic carbocycles. The number of aliphatic hydroxyl groups excluding tert-OH is 3. The number of piperidine rings is 1. The highest BCUT2D eigenvalue weighted by molar-refractivity contribution is 5.67. The van der Waals surface area contributed by atoms with Gasteiger partial charge in [0.05, 0.1) is 12.2 Å². The second-order valence-electron chi connectivity index (χ2n) is 6.50.